The number of carbonyl (C=O) groups excluding carboxylic acids is 1. The Morgan fingerprint density at radius 3 is 2.41 bits per heavy atom. The summed E-state index contributed by atoms with van der Waals surface area (Å²) >= 11 is -1.42. The van der Waals surface area contributed by atoms with Crippen LogP contribution in [0.3, 0.4) is 0 Å². The normalized spacial score (nSPS) is 21.5. The maximum Gasteiger partial charge on any atom is 0.408 e. The average molecular weight is 565 g/mol. The van der Waals surface area contributed by atoms with Gasteiger partial charge in [0.05, 0.1) is 41.7 Å². The van der Waals surface area contributed by atoms with E-state index in [1.807, 2.05) is 20.8 Å². The van der Waals surface area contributed by atoms with Gasteiger partial charge in [-0.15, -0.1) is 4.72 Å². The van der Waals surface area contributed by atoms with Crippen LogP contribution in [0.1, 0.15) is 103 Å². The lowest BCUT2D eigenvalue weighted by Gasteiger charge is -2.33. The van der Waals surface area contributed by atoms with Crippen LogP contribution in [0.2, 0.25) is 0 Å². The van der Waals surface area contributed by atoms with Gasteiger partial charge in [0, 0.05) is 24.2 Å². The largest absolute Gasteiger partial charge is 0.598 e. The third kappa shape index (κ3) is 6.99. The topological polar surface area (TPSA) is 127 Å². The van der Waals surface area contributed by atoms with Gasteiger partial charge in [-0.25, -0.2) is 23.1 Å². The third-order valence-corrected chi connectivity index (χ3v) is 8.82. The first-order valence-electron chi connectivity index (χ1n) is 13.3. The van der Waals surface area contributed by atoms with E-state index in [9.17, 15) is 23.4 Å². The number of aromatic nitrogens is 3. The number of hydrogen-bond acceptors (Lipinski definition) is 7. The average Bonchev–Trinajstić information content (AvgIpc) is 3.50. The third-order valence-electron chi connectivity index (χ3n) is 7.26. The maximum absolute atomic E-state index is 13.9. The lowest BCUT2D eigenvalue weighted by Crippen LogP contribution is -2.43. The summed E-state index contributed by atoms with van der Waals surface area (Å²) in [7, 11) is 0. The molecule has 2 aliphatic rings. The number of alkyl carbamates (subject to hydrolysis) is 1. The molecule has 2 fully saturated rings. The predicted octanol–water partition coefficient (Wildman–Crippen LogP) is 5.52. The van der Waals surface area contributed by atoms with E-state index in [1.54, 1.807) is 43.7 Å². The zero-order valence-corrected chi connectivity index (χ0v) is 24.2. The fourth-order valence-corrected chi connectivity index (χ4v) is 5.79. The molecule has 39 heavy (non-hydrogen) atoms. The zero-order valence-electron chi connectivity index (χ0n) is 23.4. The Morgan fingerprint density at radius 2 is 1.87 bits per heavy atom. The van der Waals surface area contributed by atoms with Crippen molar-refractivity contribution in [3.8, 4) is 6.07 Å². The lowest BCUT2D eigenvalue weighted by atomic mass is 9.81. The first-order chi connectivity index (χ1) is 18.0. The Morgan fingerprint density at radius 1 is 1.23 bits per heavy atom. The zero-order chi connectivity index (χ0) is 28.8. The highest BCUT2D eigenvalue weighted by Gasteiger charge is 2.53. The molecule has 2 saturated carbocycles. The molecule has 2 aromatic heterocycles. The number of amides is 1. The maximum atomic E-state index is 13.9. The monoisotopic (exact) mass is 564 g/mol. The number of carbonyl (C=O) groups is 1. The van der Waals surface area contributed by atoms with E-state index in [4.69, 9.17) is 9.72 Å². The molecule has 2 heterocycles. The van der Waals surface area contributed by atoms with Gasteiger partial charge in [0.2, 0.25) is 5.92 Å². The van der Waals surface area contributed by atoms with Crippen molar-refractivity contribution >= 4 is 23.1 Å². The van der Waals surface area contributed by atoms with Crippen LogP contribution in [0.5, 0.6) is 0 Å². The Kier molecular flexibility index (Phi) is 7.93. The van der Waals surface area contributed by atoms with Crippen molar-refractivity contribution in [2.45, 2.75) is 108 Å². The van der Waals surface area contributed by atoms with Crippen LogP contribution in [0, 0.1) is 22.7 Å². The van der Waals surface area contributed by atoms with Gasteiger partial charge < -0.3 is 14.6 Å². The van der Waals surface area contributed by atoms with Crippen LogP contribution >= 0.6 is 0 Å². The van der Waals surface area contributed by atoms with Gasteiger partial charge in [-0.05, 0) is 84.8 Å². The van der Waals surface area contributed by atoms with E-state index in [-0.39, 0.29) is 31.6 Å². The molecular weight excluding hydrogens is 526 g/mol. The lowest BCUT2D eigenvalue weighted by molar-refractivity contribution is -0.0500. The minimum absolute atomic E-state index is 0.231. The van der Waals surface area contributed by atoms with E-state index >= 15 is 0 Å². The van der Waals surface area contributed by atoms with Gasteiger partial charge in [0.15, 0.2) is 5.65 Å². The molecule has 0 unspecified atom stereocenters. The number of nitrogens with one attached hydrogen (secondary N) is 2. The fourth-order valence-electron chi connectivity index (χ4n) is 4.86. The second-order valence-electron chi connectivity index (χ2n) is 12.8. The molecule has 2 aliphatic carbocycles. The highest BCUT2D eigenvalue weighted by molar-refractivity contribution is 7.90. The van der Waals surface area contributed by atoms with Gasteiger partial charge in [-0.3, -0.25) is 0 Å². The van der Waals surface area contributed by atoms with Crippen molar-refractivity contribution in [1.29, 1.82) is 5.26 Å². The fraction of sp³-hybridized carbons (Fsp3) is 0.704. The van der Waals surface area contributed by atoms with E-state index in [2.05, 4.69) is 21.2 Å². The minimum atomic E-state index is -2.71. The summed E-state index contributed by atoms with van der Waals surface area (Å²) in [5, 5.41) is 17.3. The molecular formula is C27H38F2N6O3S. The highest BCUT2D eigenvalue weighted by Crippen LogP contribution is 2.55. The molecule has 3 atom stereocenters. The number of fused-ring (bicyclic) bond motifs is 1. The number of nitriles is 1. The summed E-state index contributed by atoms with van der Waals surface area (Å²) in [6.07, 6.45) is 3.98. The molecule has 0 radical (unpaired) electrons. The summed E-state index contributed by atoms with van der Waals surface area (Å²) in [5.41, 5.74) is 0.250. The molecule has 4 rings (SSSR count). The quantitative estimate of drug-likeness (QED) is 0.424. The van der Waals surface area contributed by atoms with E-state index in [1.165, 1.54) is 0 Å². The smallest absolute Gasteiger partial charge is 0.408 e. The Hall–Kier alpha value is -2.49. The molecule has 2 N–H and O–H groups in total. The number of hydrogen-bond donors (Lipinski definition) is 2. The number of ether oxygens (including phenoxy) is 1. The molecule has 0 bridgehead atoms. The summed E-state index contributed by atoms with van der Waals surface area (Å²) in [4.78, 5) is 17.4. The molecule has 214 valence electrons. The second-order valence-corrected chi connectivity index (χ2v) is 14.8. The molecule has 0 aliphatic heterocycles. The molecule has 0 saturated heterocycles. The van der Waals surface area contributed by atoms with Crippen molar-refractivity contribution in [3.05, 3.63) is 29.7 Å². The number of alkyl halides is 2. The van der Waals surface area contributed by atoms with Crippen LogP contribution < -0.4 is 10.0 Å². The summed E-state index contributed by atoms with van der Waals surface area (Å²) in [6.45, 7) is 10.8. The number of halogens is 2. The molecule has 0 aromatic carbocycles. The van der Waals surface area contributed by atoms with Crippen molar-refractivity contribution in [2.24, 2.45) is 11.3 Å². The first kappa shape index (κ1) is 29.5. The van der Waals surface area contributed by atoms with Gasteiger partial charge in [-0.1, -0.05) is 0 Å². The van der Waals surface area contributed by atoms with Gasteiger partial charge in [-0.2, -0.15) is 10.4 Å². The van der Waals surface area contributed by atoms with Crippen LogP contribution in [0.25, 0.3) is 5.65 Å². The Balaban J connectivity index is 1.66. The molecule has 1 amide bonds. The van der Waals surface area contributed by atoms with Crippen molar-refractivity contribution < 1.29 is 22.9 Å². The van der Waals surface area contributed by atoms with Gasteiger partial charge in [0.25, 0.3) is 0 Å². The summed E-state index contributed by atoms with van der Waals surface area (Å²) in [6, 6.07) is 3.05. The standard InChI is InChI=1S/C27H38F2N6O3S/c1-24(2,3)38-23(36)33-21(17-7-9-27(28,29)10-8-17)19-15-35-20(32-19)13-18(14-31-35)22(26(16-30)11-12-26)34-39(37)25(4,5)6/h13-15,17,21-22,34H,7-12H2,1-6H3,(H,33,36)/t21-,22-,39-/m0/s1. The number of nitrogens with zero attached hydrogens (tertiary/aromatic N) is 4. The van der Waals surface area contributed by atoms with Gasteiger partial charge in [0.1, 0.15) is 10.3 Å². The van der Waals surface area contributed by atoms with Crippen LogP contribution in [-0.4, -0.2) is 41.5 Å². The van der Waals surface area contributed by atoms with Crippen molar-refractivity contribution in [1.82, 2.24) is 24.6 Å². The highest BCUT2D eigenvalue weighted by atomic mass is 32.2. The molecule has 9 nitrogen and oxygen atoms in total. The van der Waals surface area contributed by atoms with E-state index < -0.39 is 51.2 Å². The molecule has 2 aromatic rings. The predicted molar refractivity (Wildman–Crippen MR) is 143 cm³/mol. The van der Waals surface area contributed by atoms with Crippen molar-refractivity contribution in [3.63, 3.8) is 0 Å². The summed E-state index contributed by atoms with van der Waals surface area (Å²) in [5.74, 6) is -2.96. The SMILES string of the molecule is CC(C)(C)OC(=O)N[C@H](c1cn2ncc([C@H](N[S@@+]([O-])C(C)(C)C)C3(C#N)CC3)cc2n1)C1CCC(F)(F)CC1. The first-order valence-corrected chi connectivity index (χ1v) is 14.5. The van der Waals surface area contributed by atoms with E-state index in [0.29, 0.717) is 29.7 Å². The minimum Gasteiger partial charge on any atom is -0.598 e. The van der Waals surface area contributed by atoms with Crippen LogP contribution in [0.15, 0.2) is 18.5 Å². The second kappa shape index (κ2) is 10.5. The van der Waals surface area contributed by atoms with Crippen LogP contribution in [-0.2, 0) is 16.1 Å². The Labute approximate surface area is 231 Å². The molecule has 0 spiro atoms. The Bertz CT molecular complexity index is 1230. The number of imidazole rings is 1. The molecule has 12 heteroatoms. The van der Waals surface area contributed by atoms with Crippen LogP contribution in [0.4, 0.5) is 13.6 Å². The number of rotatable bonds is 7. The van der Waals surface area contributed by atoms with Crippen molar-refractivity contribution in [2.75, 3.05) is 0 Å². The summed E-state index contributed by atoms with van der Waals surface area (Å²) < 4.78 is 50.4. The van der Waals surface area contributed by atoms with Gasteiger partial charge >= 0.3 is 6.09 Å². The van der Waals surface area contributed by atoms with E-state index in [0.717, 1.165) is 0 Å².